The van der Waals surface area contributed by atoms with Gasteiger partial charge in [0.2, 0.25) is 5.91 Å². The quantitative estimate of drug-likeness (QED) is 0.605. The summed E-state index contributed by atoms with van der Waals surface area (Å²) in [6.45, 7) is 1.56. The van der Waals surface area contributed by atoms with Gasteiger partial charge in [-0.05, 0) is 36.8 Å². The van der Waals surface area contributed by atoms with Gasteiger partial charge in [0.25, 0.3) is 0 Å². The number of carbonyl (C=O) groups excluding carboxylic acids is 3. The Labute approximate surface area is 146 Å². The molecule has 3 aliphatic rings. The van der Waals surface area contributed by atoms with Crippen molar-refractivity contribution in [1.29, 1.82) is 0 Å². The highest BCUT2D eigenvalue weighted by Crippen LogP contribution is 2.70. The lowest BCUT2D eigenvalue weighted by atomic mass is 9.56. The van der Waals surface area contributed by atoms with Gasteiger partial charge < -0.3 is 14.4 Å². The number of carbonyl (C=O) groups is 3. The third-order valence-electron chi connectivity index (χ3n) is 6.49. The van der Waals surface area contributed by atoms with Gasteiger partial charge in [-0.3, -0.25) is 14.4 Å². The van der Waals surface area contributed by atoms with Crippen molar-refractivity contribution in [2.45, 2.75) is 37.6 Å². The number of ether oxygens (including phenoxy) is 2. The van der Waals surface area contributed by atoms with Gasteiger partial charge in [-0.15, -0.1) is 0 Å². The van der Waals surface area contributed by atoms with Crippen LogP contribution in [0.2, 0.25) is 0 Å². The first kappa shape index (κ1) is 16.1. The van der Waals surface area contributed by atoms with Gasteiger partial charge in [0.05, 0.1) is 14.2 Å². The van der Waals surface area contributed by atoms with Crippen LogP contribution in [0.1, 0.15) is 31.7 Å². The smallest absolute Gasteiger partial charge is 0.323 e. The van der Waals surface area contributed by atoms with E-state index in [0.29, 0.717) is 12.8 Å². The van der Waals surface area contributed by atoms with Gasteiger partial charge in [-0.25, -0.2) is 0 Å². The number of methoxy groups -OCH3 is 2. The average molecular weight is 343 g/mol. The highest BCUT2D eigenvalue weighted by molar-refractivity contribution is 6.02. The summed E-state index contributed by atoms with van der Waals surface area (Å²) in [5, 5.41) is 0. The summed E-state index contributed by atoms with van der Waals surface area (Å²) >= 11 is 0. The minimum Gasteiger partial charge on any atom is -0.468 e. The molecule has 0 radical (unpaired) electrons. The lowest BCUT2D eigenvalue weighted by Crippen LogP contribution is -2.58. The summed E-state index contributed by atoms with van der Waals surface area (Å²) in [5.74, 6) is -0.941. The second kappa shape index (κ2) is 5.07. The molecule has 1 aliphatic heterocycles. The monoisotopic (exact) mass is 343 g/mol. The van der Waals surface area contributed by atoms with Crippen LogP contribution in [0.25, 0.3) is 0 Å². The number of esters is 2. The SMILES string of the molecule is COC(=O)C1(C(=O)OC)C[C@@H]2C[C@H]3N(C(C)=O)c4ccccc4[C@@]23C1. The van der Waals surface area contributed by atoms with Crippen molar-refractivity contribution >= 4 is 23.5 Å². The second-order valence-electron chi connectivity index (χ2n) is 7.34. The number of hydrogen-bond donors (Lipinski definition) is 0. The molecule has 25 heavy (non-hydrogen) atoms. The summed E-state index contributed by atoms with van der Waals surface area (Å²) in [4.78, 5) is 39.2. The summed E-state index contributed by atoms with van der Waals surface area (Å²) in [6.07, 6.45) is 1.52. The Hall–Kier alpha value is -2.37. The topological polar surface area (TPSA) is 72.9 Å². The molecule has 1 spiro atoms. The number of para-hydroxylation sites is 1. The molecule has 2 fully saturated rings. The van der Waals surface area contributed by atoms with Crippen LogP contribution in [0.4, 0.5) is 5.69 Å². The van der Waals surface area contributed by atoms with Crippen molar-refractivity contribution in [2.24, 2.45) is 11.3 Å². The van der Waals surface area contributed by atoms with Gasteiger partial charge in [-0.1, -0.05) is 18.2 Å². The molecule has 3 atom stereocenters. The first-order chi connectivity index (χ1) is 11.9. The van der Waals surface area contributed by atoms with Crippen LogP contribution in [0.5, 0.6) is 0 Å². The Balaban J connectivity index is 1.85. The molecule has 1 heterocycles. The van der Waals surface area contributed by atoms with Crippen LogP contribution in [0.3, 0.4) is 0 Å². The van der Waals surface area contributed by atoms with Gasteiger partial charge in [0.15, 0.2) is 5.41 Å². The molecule has 0 bridgehead atoms. The maximum absolute atomic E-state index is 12.6. The molecular weight excluding hydrogens is 322 g/mol. The first-order valence-corrected chi connectivity index (χ1v) is 8.48. The van der Waals surface area contributed by atoms with E-state index in [0.717, 1.165) is 17.7 Å². The molecule has 4 rings (SSSR count). The number of anilines is 1. The molecule has 0 N–H and O–H groups in total. The third kappa shape index (κ3) is 1.72. The zero-order valence-electron chi connectivity index (χ0n) is 14.6. The van der Waals surface area contributed by atoms with Crippen molar-refractivity contribution in [3.63, 3.8) is 0 Å². The van der Waals surface area contributed by atoms with Crippen molar-refractivity contribution in [3.05, 3.63) is 29.8 Å². The molecule has 6 nitrogen and oxygen atoms in total. The predicted molar refractivity (Wildman–Crippen MR) is 88.9 cm³/mol. The van der Waals surface area contributed by atoms with E-state index < -0.39 is 17.4 Å². The lowest BCUT2D eigenvalue weighted by Gasteiger charge is -2.50. The normalized spacial score (nSPS) is 30.6. The molecule has 1 amide bonds. The van der Waals surface area contributed by atoms with Crippen LogP contribution in [-0.4, -0.2) is 38.1 Å². The average Bonchev–Trinajstić information content (AvgIpc) is 3.00. The number of fused-ring (bicyclic) bond motifs is 1. The molecule has 0 saturated heterocycles. The Morgan fingerprint density at radius 3 is 2.36 bits per heavy atom. The summed E-state index contributed by atoms with van der Waals surface area (Å²) in [7, 11) is 2.60. The summed E-state index contributed by atoms with van der Waals surface area (Å²) < 4.78 is 9.94. The van der Waals surface area contributed by atoms with Crippen molar-refractivity contribution < 1.29 is 23.9 Å². The molecule has 2 saturated carbocycles. The van der Waals surface area contributed by atoms with E-state index in [1.807, 2.05) is 29.2 Å². The number of nitrogens with zero attached hydrogens (tertiary/aromatic N) is 1. The highest BCUT2D eigenvalue weighted by atomic mass is 16.5. The fraction of sp³-hybridized carbons (Fsp3) is 0.526. The summed E-state index contributed by atoms with van der Waals surface area (Å²) in [6, 6.07) is 7.80. The van der Waals surface area contributed by atoms with E-state index in [2.05, 4.69) is 0 Å². The Morgan fingerprint density at radius 2 is 1.76 bits per heavy atom. The Morgan fingerprint density at radius 1 is 1.12 bits per heavy atom. The van der Waals surface area contributed by atoms with Gasteiger partial charge in [0.1, 0.15) is 0 Å². The van der Waals surface area contributed by atoms with Crippen LogP contribution < -0.4 is 4.90 Å². The van der Waals surface area contributed by atoms with Gasteiger partial charge in [0, 0.05) is 24.1 Å². The molecule has 1 aromatic rings. The maximum atomic E-state index is 12.6. The Kier molecular flexibility index (Phi) is 3.27. The molecule has 0 aromatic heterocycles. The highest BCUT2D eigenvalue weighted by Gasteiger charge is 2.74. The second-order valence-corrected chi connectivity index (χ2v) is 7.34. The van der Waals surface area contributed by atoms with E-state index >= 15 is 0 Å². The van der Waals surface area contributed by atoms with E-state index in [1.54, 1.807) is 6.92 Å². The molecular formula is C19H21NO5. The standard InChI is InChI=1S/C19H21NO5/c1-11(21)20-14-7-5-4-6-13(14)19-10-18(16(22)24-2,17(23)25-3)9-12(19)8-15(19)20/h4-7,12,15H,8-10H2,1-3H3/t12-,15+,19+/m0/s1. The maximum Gasteiger partial charge on any atom is 0.323 e. The number of hydrogen-bond acceptors (Lipinski definition) is 5. The minimum absolute atomic E-state index is 0.0106. The summed E-state index contributed by atoms with van der Waals surface area (Å²) in [5.41, 5.74) is 0.294. The van der Waals surface area contributed by atoms with Crippen molar-refractivity contribution in [3.8, 4) is 0 Å². The molecule has 6 heteroatoms. The van der Waals surface area contributed by atoms with Crippen LogP contribution in [0, 0.1) is 11.3 Å². The van der Waals surface area contributed by atoms with Crippen molar-refractivity contribution in [1.82, 2.24) is 0 Å². The fourth-order valence-electron chi connectivity index (χ4n) is 5.57. The van der Waals surface area contributed by atoms with Crippen LogP contribution in [-0.2, 0) is 29.3 Å². The Bertz CT molecular complexity index is 772. The van der Waals surface area contributed by atoms with Crippen LogP contribution >= 0.6 is 0 Å². The van der Waals surface area contributed by atoms with E-state index in [9.17, 15) is 14.4 Å². The molecule has 0 unspecified atom stereocenters. The van der Waals surface area contributed by atoms with Gasteiger partial charge >= 0.3 is 11.9 Å². The lowest BCUT2D eigenvalue weighted by molar-refractivity contribution is -0.169. The van der Waals surface area contributed by atoms with E-state index in [1.165, 1.54) is 14.2 Å². The third-order valence-corrected chi connectivity index (χ3v) is 6.49. The minimum atomic E-state index is -1.29. The fourth-order valence-corrected chi connectivity index (χ4v) is 5.57. The van der Waals surface area contributed by atoms with E-state index in [-0.39, 0.29) is 23.3 Å². The number of benzene rings is 1. The van der Waals surface area contributed by atoms with Crippen LogP contribution in [0.15, 0.2) is 24.3 Å². The zero-order valence-corrected chi connectivity index (χ0v) is 14.6. The number of rotatable bonds is 2. The predicted octanol–water partition coefficient (Wildman–Crippen LogP) is 1.81. The largest absolute Gasteiger partial charge is 0.468 e. The zero-order chi connectivity index (χ0) is 18.0. The molecule has 2 aliphatic carbocycles. The van der Waals surface area contributed by atoms with Crippen molar-refractivity contribution in [2.75, 3.05) is 19.1 Å². The molecule has 1 aromatic carbocycles. The van der Waals surface area contributed by atoms with E-state index in [4.69, 9.17) is 9.47 Å². The number of amides is 1. The van der Waals surface area contributed by atoms with Gasteiger partial charge in [-0.2, -0.15) is 0 Å². The first-order valence-electron chi connectivity index (χ1n) is 8.48. The molecule has 132 valence electrons.